The van der Waals surface area contributed by atoms with Gasteiger partial charge in [-0.05, 0) is 45.0 Å². The van der Waals surface area contributed by atoms with Crippen LogP contribution in [0.4, 0.5) is 11.8 Å². The minimum Gasteiger partial charge on any atom is -0.368 e. The first kappa shape index (κ1) is 14.1. The van der Waals surface area contributed by atoms with Gasteiger partial charge in [0.15, 0.2) is 0 Å². The van der Waals surface area contributed by atoms with E-state index in [-0.39, 0.29) is 0 Å². The maximum atomic E-state index is 4.60. The standard InChI is InChI=1S/C16H23N5/c1-2-17-16-19-14-8-4-3-7-13(14)15(20-16)18-9-12-21-10-5-6-11-21/h3-4,7-8H,2,5-6,9-12H2,1H3,(H2,17,18,19,20). The van der Waals surface area contributed by atoms with Gasteiger partial charge in [-0.25, -0.2) is 4.98 Å². The molecule has 1 aliphatic heterocycles. The molecule has 0 unspecified atom stereocenters. The van der Waals surface area contributed by atoms with Crippen LogP contribution < -0.4 is 10.6 Å². The SMILES string of the molecule is CCNc1nc(NCCN2CCCC2)c2ccccc2n1. The fourth-order valence-corrected chi connectivity index (χ4v) is 2.79. The van der Waals surface area contributed by atoms with Crippen molar-refractivity contribution in [2.75, 3.05) is 43.4 Å². The molecule has 1 saturated heterocycles. The zero-order valence-corrected chi connectivity index (χ0v) is 12.6. The fraction of sp³-hybridized carbons (Fsp3) is 0.500. The molecule has 0 saturated carbocycles. The third-order valence-corrected chi connectivity index (χ3v) is 3.86. The Morgan fingerprint density at radius 1 is 1.10 bits per heavy atom. The van der Waals surface area contributed by atoms with Crippen LogP contribution >= 0.6 is 0 Å². The predicted molar refractivity (Wildman–Crippen MR) is 87.9 cm³/mol. The maximum Gasteiger partial charge on any atom is 0.225 e. The number of nitrogens with zero attached hydrogens (tertiary/aromatic N) is 3. The van der Waals surface area contributed by atoms with E-state index in [2.05, 4.69) is 38.5 Å². The molecule has 112 valence electrons. The van der Waals surface area contributed by atoms with Crippen molar-refractivity contribution in [2.24, 2.45) is 0 Å². The van der Waals surface area contributed by atoms with E-state index < -0.39 is 0 Å². The van der Waals surface area contributed by atoms with E-state index in [0.717, 1.165) is 36.4 Å². The van der Waals surface area contributed by atoms with Gasteiger partial charge < -0.3 is 15.5 Å². The van der Waals surface area contributed by atoms with E-state index in [0.29, 0.717) is 5.95 Å². The number of anilines is 2. The van der Waals surface area contributed by atoms with E-state index in [1.165, 1.54) is 25.9 Å². The van der Waals surface area contributed by atoms with Crippen molar-refractivity contribution < 1.29 is 0 Å². The summed E-state index contributed by atoms with van der Waals surface area (Å²) in [4.78, 5) is 11.6. The third kappa shape index (κ3) is 3.42. The van der Waals surface area contributed by atoms with E-state index in [9.17, 15) is 0 Å². The second-order valence-electron chi connectivity index (χ2n) is 5.42. The lowest BCUT2D eigenvalue weighted by Crippen LogP contribution is -2.26. The molecule has 0 radical (unpaired) electrons. The lowest BCUT2D eigenvalue weighted by molar-refractivity contribution is 0.352. The number of hydrogen-bond acceptors (Lipinski definition) is 5. The van der Waals surface area contributed by atoms with Crippen LogP contribution in [0.1, 0.15) is 19.8 Å². The van der Waals surface area contributed by atoms with Crippen LogP contribution in [0.25, 0.3) is 10.9 Å². The number of rotatable bonds is 6. The number of fused-ring (bicyclic) bond motifs is 1. The minimum atomic E-state index is 0.694. The largest absolute Gasteiger partial charge is 0.368 e. The molecule has 21 heavy (non-hydrogen) atoms. The average molecular weight is 285 g/mol. The zero-order valence-electron chi connectivity index (χ0n) is 12.6. The normalized spacial score (nSPS) is 15.5. The van der Waals surface area contributed by atoms with Gasteiger partial charge in [-0.2, -0.15) is 4.98 Å². The average Bonchev–Trinajstić information content (AvgIpc) is 3.01. The highest BCUT2D eigenvalue weighted by Gasteiger charge is 2.11. The molecule has 0 atom stereocenters. The first-order valence-electron chi connectivity index (χ1n) is 7.83. The fourth-order valence-electron chi connectivity index (χ4n) is 2.79. The van der Waals surface area contributed by atoms with Crippen LogP contribution in [0, 0.1) is 0 Å². The monoisotopic (exact) mass is 285 g/mol. The molecule has 1 aliphatic rings. The Balaban J connectivity index is 1.75. The van der Waals surface area contributed by atoms with Crippen LogP contribution in [-0.2, 0) is 0 Å². The Morgan fingerprint density at radius 2 is 1.90 bits per heavy atom. The summed E-state index contributed by atoms with van der Waals surface area (Å²) in [5, 5.41) is 7.76. The molecule has 0 amide bonds. The molecule has 2 aromatic rings. The molecular weight excluding hydrogens is 262 g/mol. The first-order chi connectivity index (χ1) is 10.4. The van der Waals surface area contributed by atoms with Crippen LogP contribution in [-0.4, -0.2) is 47.6 Å². The summed E-state index contributed by atoms with van der Waals surface area (Å²) >= 11 is 0. The van der Waals surface area contributed by atoms with Crippen LogP contribution in [0.5, 0.6) is 0 Å². The maximum absolute atomic E-state index is 4.60. The summed E-state index contributed by atoms with van der Waals surface area (Å²) in [7, 11) is 0. The number of benzene rings is 1. The Bertz CT molecular complexity index is 592. The van der Waals surface area contributed by atoms with Gasteiger partial charge in [0.1, 0.15) is 5.82 Å². The zero-order chi connectivity index (χ0) is 14.5. The molecule has 0 aliphatic carbocycles. The Hall–Kier alpha value is -1.88. The number of para-hydroxylation sites is 1. The second kappa shape index (κ2) is 6.72. The van der Waals surface area contributed by atoms with E-state index >= 15 is 0 Å². The Kier molecular flexibility index (Phi) is 4.50. The van der Waals surface area contributed by atoms with E-state index in [1.54, 1.807) is 0 Å². The van der Waals surface area contributed by atoms with Crippen molar-refractivity contribution >= 4 is 22.7 Å². The van der Waals surface area contributed by atoms with Gasteiger partial charge >= 0.3 is 0 Å². The van der Waals surface area contributed by atoms with Crippen molar-refractivity contribution in [3.63, 3.8) is 0 Å². The predicted octanol–water partition coefficient (Wildman–Crippen LogP) is 2.57. The highest BCUT2D eigenvalue weighted by molar-refractivity contribution is 5.89. The lowest BCUT2D eigenvalue weighted by atomic mass is 10.2. The quantitative estimate of drug-likeness (QED) is 0.854. The van der Waals surface area contributed by atoms with Gasteiger partial charge in [-0.15, -0.1) is 0 Å². The Morgan fingerprint density at radius 3 is 2.71 bits per heavy atom. The summed E-state index contributed by atoms with van der Waals surface area (Å²) in [5.41, 5.74) is 0.979. The molecular formula is C16H23N5. The molecule has 2 N–H and O–H groups in total. The smallest absolute Gasteiger partial charge is 0.225 e. The number of likely N-dealkylation sites (tertiary alicyclic amines) is 1. The summed E-state index contributed by atoms with van der Waals surface area (Å²) in [6.45, 7) is 7.34. The van der Waals surface area contributed by atoms with Gasteiger partial charge in [-0.3, -0.25) is 0 Å². The van der Waals surface area contributed by atoms with Crippen LogP contribution in [0.3, 0.4) is 0 Å². The van der Waals surface area contributed by atoms with Gasteiger partial charge in [0.2, 0.25) is 5.95 Å². The van der Waals surface area contributed by atoms with E-state index in [1.807, 2.05) is 18.2 Å². The Labute approximate surface area is 125 Å². The molecule has 0 spiro atoms. The van der Waals surface area contributed by atoms with Crippen molar-refractivity contribution in [2.45, 2.75) is 19.8 Å². The number of nitrogens with one attached hydrogen (secondary N) is 2. The molecule has 1 aromatic heterocycles. The third-order valence-electron chi connectivity index (χ3n) is 3.86. The summed E-state index contributed by atoms with van der Waals surface area (Å²) < 4.78 is 0. The molecule has 0 bridgehead atoms. The number of aromatic nitrogens is 2. The summed E-state index contributed by atoms with van der Waals surface area (Å²) in [6, 6.07) is 8.15. The van der Waals surface area contributed by atoms with Crippen molar-refractivity contribution in [1.29, 1.82) is 0 Å². The molecule has 2 heterocycles. The van der Waals surface area contributed by atoms with Crippen molar-refractivity contribution in [3.8, 4) is 0 Å². The van der Waals surface area contributed by atoms with Gasteiger partial charge in [-0.1, -0.05) is 12.1 Å². The topological polar surface area (TPSA) is 53.1 Å². The van der Waals surface area contributed by atoms with Crippen LogP contribution in [0.15, 0.2) is 24.3 Å². The lowest BCUT2D eigenvalue weighted by Gasteiger charge is -2.16. The van der Waals surface area contributed by atoms with Crippen molar-refractivity contribution in [1.82, 2.24) is 14.9 Å². The molecule has 3 rings (SSSR count). The second-order valence-corrected chi connectivity index (χ2v) is 5.42. The van der Waals surface area contributed by atoms with Gasteiger partial charge in [0.25, 0.3) is 0 Å². The van der Waals surface area contributed by atoms with Gasteiger partial charge in [0, 0.05) is 25.0 Å². The first-order valence-corrected chi connectivity index (χ1v) is 7.83. The molecule has 5 heteroatoms. The van der Waals surface area contributed by atoms with Crippen LogP contribution in [0.2, 0.25) is 0 Å². The highest BCUT2D eigenvalue weighted by Crippen LogP contribution is 2.21. The van der Waals surface area contributed by atoms with Gasteiger partial charge in [0.05, 0.1) is 5.52 Å². The van der Waals surface area contributed by atoms with Crippen molar-refractivity contribution in [3.05, 3.63) is 24.3 Å². The highest BCUT2D eigenvalue weighted by atomic mass is 15.2. The minimum absolute atomic E-state index is 0.694. The molecule has 1 fully saturated rings. The number of hydrogen-bond donors (Lipinski definition) is 2. The molecule has 1 aromatic carbocycles. The molecule has 5 nitrogen and oxygen atoms in total. The summed E-state index contributed by atoms with van der Waals surface area (Å²) in [5.74, 6) is 1.62. The summed E-state index contributed by atoms with van der Waals surface area (Å²) in [6.07, 6.45) is 2.67. The van der Waals surface area contributed by atoms with E-state index in [4.69, 9.17) is 0 Å².